The molecular weight excluding hydrogens is 387 g/mol. The standard InChI is InChI=1S/C22H21FN4O3/c23-15-6-5-14-9-11-27(19(14)13-15)12-10-24-20(28)8-7-18-22(30)25-17-4-2-1-3-16(17)21(29)26-18/h1-6,9,11,13,18H,7-8,10,12H2,(H,24,28)(H,25,30)(H,26,29)/t18-/m1/s1. The average molecular weight is 408 g/mol. The van der Waals surface area contributed by atoms with Crippen molar-refractivity contribution in [3.63, 3.8) is 0 Å². The molecule has 3 amide bonds. The normalized spacial score (nSPS) is 15.8. The molecule has 1 atom stereocenters. The fourth-order valence-corrected chi connectivity index (χ4v) is 3.55. The van der Waals surface area contributed by atoms with Gasteiger partial charge in [-0.3, -0.25) is 14.4 Å². The van der Waals surface area contributed by atoms with Crippen LogP contribution in [0.3, 0.4) is 0 Å². The Morgan fingerprint density at radius 2 is 1.97 bits per heavy atom. The van der Waals surface area contributed by atoms with Crippen molar-refractivity contribution < 1.29 is 18.8 Å². The quantitative estimate of drug-likeness (QED) is 0.585. The van der Waals surface area contributed by atoms with E-state index in [0.717, 1.165) is 10.9 Å². The maximum atomic E-state index is 13.5. The second kappa shape index (κ2) is 8.36. The van der Waals surface area contributed by atoms with Gasteiger partial charge < -0.3 is 20.5 Å². The van der Waals surface area contributed by atoms with Crippen molar-refractivity contribution in [1.29, 1.82) is 0 Å². The van der Waals surface area contributed by atoms with Crippen LogP contribution in [-0.4, -0.2) is 34.9 Å². The van der Waals surface area contributed by atoms with Gasteiger partial charge in [-0.2, -0.15) is 0 Å². The third-order valence-corrected chi connectivity index (χ3v) is 5.12. The molecule has 0 aliphatic carbocycles. The lowest BCUT2D eigenvalue weighted by atomic mass is 10.1. The summed E-state index contributed by atoms with van der Waals surface area (Å²) < 4.78 is 15.3. The predicted octanol–water partition coefficient (Wildman–Crippen LogP) is 2.43. The summed E-state index contributed by atoms with van der Waals surface area (Å²) >= 11 is 0. The summed E-state index contributed by atoms with van der Waals surface area (Å²) in [4.78, 5) is 36.9. The van der Waals surface area contributed by atoms with Crippen molar-refractivity contribution >= 4 is 34.3 Å². The highest BCUT2D eigenvalue weighted by Gasteiger charge is 2.27. The van der Waals surface area contributed by atoms with E-state index in [4.69, 9.17) is 0 Å². The van der Waals surface area contributed by atoms with Gasteiger partial charge in [-0.15, -0.1) is 0 Å². The first-order valence-electron chi connectivity index (χ1n) is 9.73. The van der Waals surface area contributed by atoms with E-state index < -0.39 is 6.04 Å². The first-order valence-corrected chi connectivity index (χ1v) is 9.73. The molecule has 0 unspecified atom stereocenters. The number of carbonyl (C=O) groups excluding carboxylic acids is 3. The van der Waals surface area contributed by atoms with Crippen LogP contribution in [0.15, 0.2) is 54.7 Å². The molecule has 154 valence electrons. The largest absolute Gasteiger partial charge is 0.354 e. The van der Waals surface area contributed by atoms with Gasteiger partial charge in [-0.1, -0.05) is 12.1 Å². The van der Waals surface area contributed by atoms with Crippen molar-refractivity contribution in [2.75, 3.05) is 11.9 Å². The summed E-state index contributed by atoms with van der Waals surface area (Å²) in [6, 6.07) is 12.5. The Morgan fingerprint density at radius 1 is 1.13 bits per heavy atom. The highest BCUT2D eigenvalue weighted by Crippen LogP contribution is 2.19. The molecule has 0 radical (unpaired) electrons. The molecule has 7 nitrogen and oxygen atoms in total. The van der Waals surface area contributed by atoms with Crippen molar-refractivity contribution in [3.05, 3.63) is 66.1 Å². The molecule has 8 heteroatoms. The van der Waals surface area contributed by atoms with E-state index in [1.54, 1.807) is 30.3 Å². The molecule has 0 saturated heterocycles. The summed E-state index contributed by atoms with van der Waals surface area (Å²) in [6.45, 7) is 0.864. The summed E-state index contributed by atoms with van der Waals surface area (Å²) in [5, 5.41) is 9.13. The Hall–Kier alpha value is -3.68. The van der Waals surface area contributed by atoms with E-state index in [1.165, 1.54) is 12.1 Å². The number of fused-ring (bicyclic) bond motifs is 2. The monoisotopic (exact) mass is 408 g/mol. The van der Waals surface area contributed by atoms with Crippen LogP contribution in [0.1, 0.15) is 23.2 Å². The van der Waals surface area contributed by atoms with Gasteiger partial charge in [0.2, 0.25) is 11.8 Å². The molecule has 1 aliphatic rings. The van der Waals surface area contributed by atoms with Crippen molar-refractivity contribution in [2.45, 2.75) is 25.4 Å². The lowest BCUT2D eigenvalue weighted by Gasteiger charge is -2.14. The first kappa shape index (κ1) is 19.6. The smallest absolute Gasteiger partial charge is 0.254 e. The number of nitrogens with one attached hydrogen (secondary N) is 3. The van der Waals surface area contributed by atoms with Gasteiger partial charge in [-0.05, 0) is 48.2 Å². The third-order valence-electron chi connectivity index (χ3n) is 5.12. The van der Waals surface area contributed by atoms with Crippen LogP contribution in [-0.2, 0) is 16.1 Å². The summed E-state index contributed by atoms with van der Waals surface area (Å²) in [5.74, 6) is -1.22. The number of para-hydroxylation sites is 1. The van der Waals surface area contributed by atoms with E-state index >= 15 is 0 Å². The van der Waals surface area contributed by atoms with Crippen LogP contribution >= 0.6 is 0 Å². The molecule has 30 heavy (non-hydrogen) atoms. The van der Waals surface area contributed by atoms with Gasteiger partial charge in [0.05, 0.1) is 16.8 Å². The topological polar surface area (TPSA) is 92.2 Å². The predicted molar refractivity (Wildman–Crippen MR) is 110 cm³/mol. The number of nitrogens with zero attached hydrogens (tertiary/aromatic N) is 1. The fraction of sp³-hybridized carbons (Fsp3) is 0.227. The number of benzene rings is 2. The van der Waals surface area contributed by atoms with Gasteiger partial charge in [0.15, 0.2) is 0 Å². The highest BCUT2D eigenvalue weighted by molar-refractivity contribution is 6.09. The second-order valence-corrected chi connectivity index (χ2v) is 7.16. The number of aromatic nitrogens is 1. The maximum Gasteiger partial charge on any atom is 0.254 e. The third kappa shape index (κ3) is 4.17. The van der Waals surface area contributed by atoms with Crippen LogP contribution in [0.2, 0.25) is 0 Å². The minimum atomic E-state index is -0.785. The van der Waals surface area contributed by atoms with Gasteiger partial charge in [0, 0.05) is 25.7 Å². The maximum absolute atomic E-state index is 13.5. The number of hydrogen-bond donors (Lipinski definition) is 3. The van der Waals surface area contributed by atoms with E-state index in [1.807, 2.05) is 16.8 Å². The van der Waals surface area contributed by atoms with Crippen LogP contribution in [0.25, 0.3) is 10.9 Å². The number of amides is 3. The van der Waals surface area contributed by atoms with E-state index in [9.17, 15) is 18.8 Å². The van der Waals surface area contributed by atoms with E-state index in [2.05, 4.69) is 16.0 Å². The van der Waals surface area contributed by atoms with Crippen LogP contribution < -0.4 is 16.0 Å². The summed E-state index contributed by atoms with van der Waals surface area (Å²) in [7, 11) is 0. The van der Waals surface area contributed by atoms with Crippen LogP contribution in [0, 0.1) is 5.82 Å². The molecule has 0 spiro atoms. The van der Waals surface area contributed by atoms with Gasteiger partial charge >= 0.3 is 0 Å². The lowest BCUT2D eigenvalue weighted by Crippen LogP contribution is -2.42. The number of anilines is 1. The highest BCUT2D eigenvalue weighted by atomic mass is 19.1. The molecule has 0 saturated carbocycles. The van der Waals surface area contributed by atoms with Crippen molar-refractivity contribution in [2.24, 2.45) is 0 Å². The van der Waals surface area contributed by atoms with Gasteiger partial charge in [0.25, 0.3) is 5.91 Å². The molecule has 1 aliphatic heterocycles. The van der Waals surface area contributed by atoms with Crippen molar-refractivity contribution in [1.82, 2.24) is 15.2 Å². The molecule has 2 aromatic carbocycles. The zero-order chi connectivity index (χ0) is 21.1. The summed E-state index contributed by atoms with van der Waals surface area (Å²) in [6.07, 6.45) is 2.13. The molecule has 3 aromatic rings. The molecule has 0 bridgehead atoms. The first-order chi connectivity index (χ1) is 14.5. The SMILES string of the molecule is O=C(CC[C@H]1NC(=O)c2ccccc2NC1=O)NCCn1ccc2ccc(F)cc21. The Morgan fingerprint density at radius 3 is 2.83 bits per heavy atom. The zero-order valence-corrected chi connectivity index (χ0v) is 16.2. The minimum Gasteiger partial charge on any atom is -0.354 e. The van der Waals surface area contributed by atoms with E-state index in [0.29, 0.717) is 24.3 Å². The van der Waals surface area contributed by atoms with Crippen LogP contribution in [0.4, 0.5) is 10.1 Å². The zero-order valence-electron chi connectivity index (χ0n) is 16.2. The number of halogens is 1. The number of carbonyl (C=O) groups is 3. The number of hydrogen-bond acceptors (Lipinski definition) is 3. The second-order valence-electron chi connectivity index (χ2n) is 7.16. The number of rotatable bonds is 6. The Bertz CT molecular complexity index is 1120. The molecule has 4 rings (SSSR count). The Balaban J connectivity index is 1.28. The van der Waals surface area contributed by atoms with Gasteiger partial charge in [0.1, 0.15) is 11.9 Å². The Kier molecular flexibility index (Phi) is 5.47. The molecule has 0 fully saturated rings. The molecule has 3 N–H and O–H groups in total. The lowest BCUT2D eigenvalue weighted by molar-refractivity contribution is -0.121. The van der Waals surface area contributed by atoms with Crippen LogP contribution in [0.5, 0.6) is 0 Å². The molecule has 1 aromatic heterocycles. The molecular formula is C22H21FN4O3. The molecule has 2 heterocycles. The van der Waals surface area contributed by atoms with Gasteiger partial charge in [-0.25, -0.2) is 4.39 Å². The van der Waals surface area contributed by atoms with E-state index in [-0.39, 0.29) is 36.4 Å². The summed E-state index contributed by atoms with van der Waals surface area (Å²) in [5.41, 5.74) is 1.62. The fourth-order valence-electron chi connectivity index (χ4n) is 3.55. The minimum absolute atomic E-state index is 0.0930. The Labute approximate surface area is 172 Å². The van der Waals surface area contributed by atoms with Crippen molar-refractivity contribution in [3.8, 4) is 0 Å². The average Bonchev–Trinajstić information content (AvgIpc) is 3.07.